The first-order valence-corrected chi connectivity index (χ1v) is 6.33. The van der Waals surface area contributed by atoms with Gasteiger partial charge >= 0.3 is 0 Å². The van der Waals surface area contributed by atoms with E-state index in [4.69, 9.17) is 18.9 Å². The van der Waals surface area contributed by atoms with Crippen molar-refractivity contribution in [3.63, 3.8) is 0 Å². The highest BCUT2D eigenvalue weighted by Gasteiger charge is 2.15. The van der Waals surface area contributed by atoms with Crippen LogP contribution in [0.15, 0.2) is 12.1 Å². The summed E-state index contributed by atoms with van der Waals surface area (Å²) < 4.78 is 21.2. The number of phenols is 1. The molecule has 0 unspecified atom stereocenters. The molecule has 0 aliphatic rings. The van der Waals surface area contributed by atoms with E-state index in [-0.39, 0.29) is 12.0 Å². The van der Waals surface area contributed by atoms with Crippen molar-refractivity contribution >= 4 is 0 Å². The predicted octanol–water partition coefficient (Wildman–Crippen LogP) is 2.35. The summed E-state index contributed by atoms with van der Waals surface area (Å²) in [5, 5.41) is 9.84. The first kappa shape index (κ1) is 15.6. The first-order chi connectivity index (χ1) is 9.15. The summed E-state index contributed by atoms with van der Waals surface area (Å²) in [7, 11) is 3.00. The smallest absolute Gasteiger partial charge is 0.200 e. The van der Waals surface area contributed by atoms with Crippen molar-refractivity contribution < 1.29 is 24.1 Å². The van der Waals surface area contributed by atoms with Crippen LogP contribution in [0, 0.1) is 0 Å². The van der Waals surface area contributed by atoms with Gasteiger partial charge in [-0.25, -0.2) is 0 Å². The molecule has 0 amide bonds. The van der Waals surface area contributed by atoms with Crippen LogP contribution in [0.5, 0.6) is 17.2 Å². The minimum absolute atomic E-state index is 0.00174. The summed E-state index contributed by atoms with van der Waals surface area (Å²) in [6.07, 6.45) is 0.253. The van der Waals surface area contributed by atoms with Gasteiger partial charge in [-0.05, 0) is 31.5 Å². The third kappa shape index (κ3) is 4.29. The summed E-state index contributed by atoms with van der Waals surface area (Å²) in [5.41, 5.74) is 0.915. The normalized spacial score (nSPS) is 10.8. The molecule has 1 aromatic carbocycles. The molecule has 5 nitrogen and oxygen atoms in total. The topological polar surface area (TPSA) is 57.2 Å². The molecule has 108 valence electrons. The number of hydrogen-bond donors (Lipinski definition) is 1. The van der Waals surface area contributed by atoms with E-state index in [1.807, 2.05) is 13.8 Å². The number of phenolic OH excluding ortho intramolecular Hbond substituents is 1. The van der Waals surface area contributed by atoms with Crippen molar-refractivity contribution in [3.8, 4) is 17.2 Å². The maximum atomic E-state index is 9.84. The first-order valence-electron chi connectivity index (χ1n) is 6.33. The highest BCUT2D eigenvalue weighted by atomic mass is 16.7. The van der Waals surface area contributed by atoms with Gasteiger partial charge in [0.25, 0.3) is 0 Å². The molecule has 0 spiro atoms. The van der Waals surface area contributed by atoms with Crippen molar-refractivity contribution in [1.82, 2.24) is 0 Å². The third-order valence-electron chi connectivity index (χ3n) is 2.65. The van der Waals surface area contributed by atoms with Gasteiger partial charge in [-0.1, -0.05) is 0 Å². The van der Waals surface area contributed by atoms with E-state index in [1.54, 1.807) is 12.1 Å². The fourth-order valence-electron chi connectivity index (χ4n) is 1.80. The molecule has 1 N–H and O–H groups in total. The average Bonchev–Trinajstić information content (AvgIpc) is 2.41. The van der Waals surface area contributed by atoms with Gasteiger partial charge in [0.05, 0.1) is 14.2 Å². The largest absolute Gasteiger partial charge is 0.502 e. The molecular weight excluding hydrogens is 248 g/mol. The maximum absolute atomic E-state index is 9.84. The molecule has 0 aliphatic carbocycles. The lowest BCUT2D eigenvalue weighted by Gasteiger charge is -2.18. The molecular formula is C14H22O5. The van der Waals surface area contributed by atoms with Gasteiger partial charge in [-0.2, -0.15) is 0 Å². The van der Waals surface area contributed by atoms with Crippen LogP contribution in [-0.4, -0.2) is 38.8 Å². The second-order valence-corrected chi connectivity index (χ2v) is 3.89. The minimum atomic E-state index is -0.311. The molecule has 0 atom stereocenters. The zero-order valence-electron chi connectivity index (χ0n) is 11.9. The van der Waals surface area contributed by atoms with Gasteiger partial charge in [0.1, 0.15) is 0 Å². The van der Waals surface area contributed by atoms with Gasteiger partial charge in [-0.3, -0.25) is 0 Å². The molecule has 0 heterocycles. The monoisotopic (exact) mass is 270 g/mol. The van der Waals surface area contributed by atoms with Gasteiger partial charge in [-0.15, -0.1) is 0 Å². The summed E-state index contributed by atoms with van der Waals surface area (Å²) in [6.45, 7) is 5.00. The van der Waals surface area contributed by atoms with E-state index >= 15 is 0 Å². The van der Waals surface area contributed by atoms with Crippen LogP contribution in [0.3, 0.4) is 0 Å². The molecule has 0 bridgehead atoms. The maximum Gasteiger partial charge on any atom is 0.200 e. The lowest BCUT2D eigenvalue weighted by atomic mass is 10.1. The summed E-state index contributed by atoms with van der Waals surface area (Å²) in [6, 6.07) is 3.51. The lowest BCUT2D eigenvalue weighted by molar-refractivity contribution is -0.134. The van der Waals surface area contributed by atoms with Crippen molar-refractivity contribution in [2.24, 2.45) is 0 Å². The molecule has 1 aromatic rings. The van der Waals surface area contributed by atoms with E-state index < -0.39 is 0 Å². The fourth-order valence-corrected chi connectivity index (χ4v) is 1.80. The quantitative estimate of drug-likeness (QED) is 0.735. The van der Waals surface area contributed by atoms with E-state index in [0.29, 0.717) is 31.1 Å². The van der Waals surface area contributed by atoms with E-state index in [9.17, 15) is 5.11 Å². The van der Waals surface area contributed by atoms with Gasteiger partial charge in [0.2, 0.25) is 5.75 Å². The van der Waals surface area contributed by atoms with Crippen molar-refractivity contribution in [2.45, 2.75) is 26.6 Å². The Bertz CT molecular complexity index is 360. The van der Waals surface area contributed by atoms with Crippen molar-refractivity contribution in [2.75, 3.05) is 27.4 Å². The zero-order chi connectivity index (χ0) is 14.3. The molecule has 5 heteroatoms. The van der Waals surface area contributed by atoms with Crippen LogP contribution in [-0.2, 0) is 15.9 Å². The Kier molecular flexibility index (Phi) is 6.45. The Morgan fingerprint density at radius 3 is 1.84 bits per heavy atom. The lowest BCUT2D eigenvalue weighted by Crippen LogP contribution is -2.20. The van der Waals surface area contributed by atoms with Crippen LogP contribution in [0.1, 0.15) is 19.4 Å². The highest BCUT2D eigenvalue weighted by molar-refractivity contribution is 5.52. The number of benzene rings is 1. The molecule has 0 saturated carbocycles. The molecule has 19 heavy (non-hydrogen) atoms. The Morgan fingerprint density at radius 1 is 1.00 bits per heavy atom. The third-order valence-corrected chi connectivity index (χ3v) is 2.65. The fraction of sp³-hybridized carbons (Fsp3) is 0.571. The molecule has 0 aliphatic heterocycles. The van der Waals surface area contributed by atoms with E-state index in [1.165, 1.54) is 14.2 Å². The molecule has 0 fully saturated rings. The van der Waals surface area contributed by atoms with Crippen LogP contribution >= 0.6 is 0 Å². The van der Waals surface area contributed by atoms with Crippen molar-refractivity contribution in [3.05, 3.63) is 17.7 Å². The van der Waals surface area contributed by atoms with Crippen LogP contribution in [0.25, 0.3) is 0 Å². The summed E-state index contributed by atoms with van der Waals surface area (Å²) in [4.78, 5) is 0. The molecule has 0 radical (unpaired) electrons. The van der Waals surface area contributed by atoms with Gasteiger partial charge in [0, 0.05) is 19.6 Å². The number of hydrogen-bond acceptors (Lipinski definition) is 5. The second-order valence-electron chi connectivity index (χ2n) is 3.89. The minimum Gasteiger partial charge on any atom is -0.502 e. The second kappa shape index (κ2) is 7.86. The SMILES string of the molecule is CCOC(Cc1cc(OC)c(O)c(OC)c1)OCC. The van der Waals surface area contributed by atoms with Gasteiger partial charge in [0.15, 0.2) is 17.8 Å². The van der Waals surface area contributed by atoms with E-state index in [0.717, 1.165) is 5.56 Å². The Morgan fingerprint density at radius 2 is 1.47 bits per heavy atom. The number of aromatic hydroxyl groups is 1. The predicted molar refractivity (Wildman–Crippen MR) is 72.0 cm³/mol. The number of ether oxygens (including phenoxy) is 4. The number of methoxy groups -OCH3 is 2. The van der Waals surface area contributed by atoms with E-state index in [2.05, 4.69) is 0 Å². The molecule has 0 aromatic heterocycles. The summed E-state index contributed by atoms with van der Waals surface area (Å²) >= 11 is 0. The highest BCUT2D eigenvalue weighted by Crippen LogP contribution is 2.37. The summed E-state index contributed by atoms with van der Waals surface area (Å²) in [5.74, 6) is 0.750. The number of rotatable bonds is 8. The van der Waals surface area contributed by atoms with Crippen molar-refractivity contribution in [1.29, 1.82) is 0 Å². The van der Waals surface area contributed by atoms with Crippen LogP contribution in [0.4, 0.5) is 0 Å². The Hall–Kier alpha value is -1.46. The van der Waals surface area contributed by atoms with Crippen LogP contribution in [0.2, 0.25) is 0 Å². The zero-order valence-corrected chi connectivity index (χ0v) is 11.9. The van der Waals surface area contributed by atoms with Gasteiger partial charge < -0.3 is 24.1 Å². The molecule has 0 saturated heterocycles. The van der Waals surface area contributed by atoms with Crippen LogP contribution < -0.4 is 9.47 Å². The molecule has 1 rings (SSSR count). The average molecular weight is 270 g/mol. The Balaban J connectivity index is 2.92. The standard InChI is InChI=1S/C14H22O5/c1-5-18-13(19-6-2)9-10-7-11(16-3)14(15)12(8-10)17-4/h7-8,13,15H,5-6,9H2,1-4H3. The Labute approximate surface area is 114 Å².